The van der Waals surface area contributed by atoms with Crippen molar-refractivity contribution < 1.29 is 19.4 Å². The van der Waals surface area contributed by atoms with Crippen LogP contribution in [0.3, 0.4) is 0 Å². The molecule has 1 aliphatic heterocycles. The molecule has 0 amide bonds. The summed E-state index contributed by atoms with van der Waals surface area (Å²) in [6.07, 6.45) is 5.27. The molecule has 3 heterocycles. The van der Waals surface area contributed by atoms with Gasteiger partial charge in [-0.25, -0.2) is 14.5 Å². The monoisotopic (exact) mass is 407 g/mol. The lowest BCUT2D eigenvalue weighted by Crippen LogP contribution is -2.21. The van der Waals surface area contributed by atoms with Crippen molar-refractivity contribution in [2.75, 3.05) is 19.8 Å². The molecule has 2 fully saturated rings. The summed E-state index contributed by atoms with van der Waals surface area (Å²) in [6.45, 7) is 2.04. The van der Waals surface area contributed by atoms with E-state index in [1.807, 2.05) is 30.3 Å². The normalized spacial score (nSPS) is 17.7. The summed E-state index contributed by atoms with van der Waals surface area (Å²) in [5, 5.41) is 15.4. The number of fused-ring (bicyclic) bond motifs is 1. The lowest BCUT2D eigenvalue weighted by Gasteiger charge is -2.25. The largest absolute Gasteiger partial charge is 0.492 e. The van der Waals surface area contributed by atoms with Gasteiger partial charge in [0.1, 0.15) is 5.75 Å². The van der Waals surface area contributed by atoms with Crippen LogP contribution in [0.1, 0.15) is 54.2 Å². The molecule has 2 aliphatic rings. The van der Waals surface area contributed by atoms with E-state index in [4.69, 9.17) is 14.6 Å². The van der Waals surface area contributed by atoms with Gasteiger partial charge >= 0.3 is 5.97 Å². The Labute approximate surface area is 174 Å². The number of pyridine rings is 1. The Bertz CT molecular complexity index is 1050. The maximum absolute atomic E-state index is 11.8. The van der Waals surface area contributed by atoms with Crippen LogP contribution in [-0.4, -0.2) is 45.7 Å². The van der Waals surface area contributed by atoms with Crippen LogP contribution in [0.4, 0.5) is 0 Å². The van der Waals surface area contributed by atoms with Crippen molar-refractivity contribution in [3.63, 3.8) is 0 Å². The molecule has 0 atom stereocenters. The van der Waals surface area contributed by atoms with Gasteiger partial charge in [0.15, 0.2) is 11.3 Å². The zero-order chi connectivity index (χ0) is 20.5. The molecule has 1 aliphatic carbocycles. The van der Waals surface area contributed by atoms with Crippen molar-refractivity contribution in [1.29, 1.82) is 0 Å². The van der Waals surface area contributed by atoms with Crippen LogP contribution < -0.4 is 4.74 Å². The fraction of sp³-hybridized carbons (Fsp3) is 0.435. The van der Waals surface area contributed by atoms with Gasteiger partial charge in [0.2, 0.25) is 0 Å². The van der Waals surface area contributed by atoms with Crippen LogP contribution in [0.25, 0.3) is 16.7 Å². The quantitative estimate of drug-likeness (QED) is 0.659. The highest BCUT2D eigenvalue weighted by molar-refractivity contribution is 5.94. The number of rotatable bonds is 6. The highest BCUT2D eigenvalue weighted by Gasteiger charge is 2.30. The summed E-state index contributed by atoms with van der Waals surface area (Å²) in [5.41, 5.74) is 2.34. The number of aromatic nitrogens is 3. The Morgan fingerprint density at radius 3 is 2.60 bits per heavy atom. The molecule has 0 unspecified atom stereocenters. The maximum atomic E-state index is 11.8. The molecule has 5 rings (SSSR count). The van der Waals surface area contributed by atoms with Crippen molar-refractivity contribution in [2.24, 2.45) is 5.92 Å². The zero-order valence-corrected chi connectivity index (χ0v) is 16.8. The first-order chi connectivity index (χ1) is 14.7. The fourth-order valence-corrected chi connectivity index (χ4v) is 4.17. The van der Waals surface area contributed by atoms with E-state index in [1.54, 1.807) is 10.7 Å². The summed E-state index contributed by atoms with van der Waals surface area (Å²) in [7, 11) is 0. The second-order valence-electron chi connectivity index (χ2n) is 8.14. The summed E-state index contributed by atoms with van der Waals surface area (Å²) in [5.74, 6) is 0.277. The molecule has 1 saturated carbocycles. The van der Waals surface area contributed by atoms with Crippen molar-refractivity contribution in [2.45, 2.75) is 38.0 Å². The molecular formula is C23H25N3O4. The number of hydrogen-bond acceptors (Lipinski definition) is 5. The Morgan fingerprint density at radius 2 is 1.93 bits per heavy atom. The summed E-state index contributed by atoms with van der Waals surface area (Å²) >= 11 is 0. The Kier molecular flexibility index (Phi) is 5.12. The topological polar surface area (TPSA) is 86.5 Å². The standard InChI is InChI=1S/C23H25N3O4/c27-23(28)18-13-19(30-14-15-9-11-29-12-10-15)20-21(16-5-4-6-16)25-26(22(20)24-18)17-7-2-1-3-8-17/h1-3,7-8,13,15-16H,4-6,9-12,14H2,(H,27,28). The number of hydrogen-bond donors (Lipinski definition) is 1. The SMILES string of the molecule is O=C(O)c1cc(OCC2CCOCC2)c2c(C3CCC3)nn(-c3ccccc3)c2n1. The number of carbonyl (C=O) groups is 1. The van der Waals surface area contributed by atoms with Gasteiger partial charge in [0.25, 0.3) is 0 Å². The summed E-state index contributed by atoms with van der Waals surface area (Å²) in [6, 6.07) is 11.3. The minimum Gasteiger partial charge on any atom is -0.492 e. The van der Waals surface area contributed by atoms with Crippen LogP contribution in [0.2, 0.25) is 0 Å². The van der Waals surface area contributed by atoms with Crippen molar-refractivity contribution in [3.05, 3.63) is 47.8 Å². The van der Waals surface area contributed by atoms with Gasteiger partial charge in [-0.3, -0.25) is 0 Å². The van der Waals surface area contributed by atoms with Crippen molar-refractivity contribution >= 4 is 17.0 Å². The maximum Gasteiger partial charge on any atom is 0.354 e. The van der Waals surface area contributed by atoms with E-state index in [0.717, 1.165) is 55.7 Å². The third-order valence-electron chi connectivity index (χ3n) is 6.16. The van der Waals surface area contributed by atoms with E-state index < -0.39 is 5.97 Å². The molecular weight excluding hydrogens is 382 g/mol. The fourth-order valence-electron chi connectivity index (χ4n) is 4.17. The minimum atomic E-state index is -1.07. The lowest BCUT2D eigenvalue weighted by molar-refractivity contribution is 0.0499. The first-order valence-electron chi connectivity index (χ1n) is 10.6. The number of carboxylic acids is 1. The van der Waals surface area contributed by atoms with Crippen molar-refractivity contribution in [1.82, 2.24) is 14.8 Å². The second-order valence-corrected chi connectivity index (χ2v) is 8.14. The van der Waals surface area contributed by atoms with Gasteiger partial charge in [-0.15, -0.1) is 0 Å². The summed E-state index contributed by atoms with van der Waals surface area (Å²) < 4.78 is 13.4. The van der Waals surface area contributed by atoms with E-state index in [2.05, 4.69) is 4.98 Å². The molecule has 1 aromatic carbocycles. The molecule has 30 heavy (non-hydrogen) atoms. The number of ether oxygens (including phenoxy) is 2. The third-order valence-corrected chi connectivity index (χ3v) is 6.16. The van der Waals surface area contributed by atoms with Crippen LogP contribution in [0.15, 0.2) is 36.4 Å². The Hall–Kier alpha value is -2.93. The van der Waals surface area contributed by atoms with E-state index in [1.165, 1.54) is 6.42 Å². The van der Waals surface area contributed by atoms with Gasteiger partial charge in [0, 0.05) is 25.2 Å². The van der Waals surface area contributed by atoms with Crippen LogP contribution in [0, 0.1) is 5.92 Å². The summed E-state index contributed by atoms with van der Waals surface area (Å²) in [4.78, 5) is 16.3. The van der Waals surface area contributed by atoms with E-state index in [0.29, 0.717) is 29.8 Å². The smallest absolute Gasteiger partial charge is 0.354 e. The molecule has 2 aromatic heterocycles. The number of benzene rings is 1. The van der Waals surface area contributed by atoms with Gasteiger partial charge in [0.05, 0.1) is 23.4 Å². The Morgan fingerprint density at radius 1 is 1.17 bits per heavy atom. The first-order valence-corrected chi connectivity index (χ1v) is 10.6. The van der Waals surface area contributed by atoms with E-state index in [-0.39, 0.29) is 5.69 Å². The Balaban J connectivity index is 1.63. The molecule has 0 radical (unpaired) electrons. The van der Waals surface area contributed by atoms with Crippen LogP contribution in [-0.2, 0) is 4.74 Å². The van der Waals surface area contributed by atoms with Gasteiger partial charge in [-0.1, -0.05) is 24.6 Å². The average Bonchev–Trinajstić information content (AvgIpc) is 3.11. The first kappa shape index (κ1) is 19.1. The lowest BCUT2D eigenvalue weighted by atomic mass is 9.82. The third kappa shape index (κ3) is 3.54. The van der Waals surface area contributed by atoms with Gasteiger partial charge in [-0.05, 0) is 43.7 Å². The molecule has 7 heteroatoms. The predicted molar refractivity (Wildman–Crippen MR) is 111 cm³/mol. The number of carboxylic acid groups (broad SMARTS) is 1. The van der Waals surface area contributed by atoms with Crippen molar-refractivity contribution in [3.8, 4) is 11.4 Å². The molecule has 3 aromatic rings. The van der Waals surface area contributed by atoms with E-state index in [9.17, 15) is 9.90 Å². The van der Waals surface area contributed by atoms with E-state index >= 15 is 0 Å². The zero-order valence-electron chi connectivity index (χ0n) is 16.8. The highest BCUT2D eigenvalue weighted by atomic mass is 16.5. The number of nitrogens with zero attached hydrogens (tertiary/aromatic N) is 3. The molecule has 1 saturated heterocycles. The van der Waals surface area contributed by atoms with Crippen LogP contribution in [0.5, 0.6) is 5.75 Å². The van der Waals surface area contributed by atoms with Crippen LogP contribution >= 0.6 is 0 Å². The van der Waals surface area contributed by atoms with Gasteiger partial charge in [-0.2, -0.15) is 5.10 Å². The predicted octanol–water partition coefficient (Wildman–Crippen LogP) is 4.19. The number of aromatic carboxylic acids is 1. The number of para-hydroxylation sites is 1. The minimum absolute atomic E-state index is 0.0262. The van der Waals surface area contributed by atoms with Gasteiger partial charge < -0.3 is 14.6 Å². The molecule has 156 valence electrons. The highest BCUT2D eigenvalue weighted by Crippen LogP contribution is 2.42. The molecule has 7 nitrogen and oxygen atoms in total. The average molecular weight is 407 g/mol. The molecule has 0 spiro atoms. The molecule has 1 N–H and O–H groups in total. The second kappa shape index (κ2) is 8.07. The molecule has 0 bridgehead atoms.